The highest BCUT2D eigenvalue weighted by atomic mass is 32.2. The molecular weight excluding hydrogens is 396 g/mol. The molecule has 1 aromatic rings. The summed E-state index contributed by atoms with van der Waals surface area (Å²) in [6.45, 7) is 1.26. The molecule has 1 aromatic carbocycles. The molecule has 2 fully saturated rings. The molecule has 0 radical (unpaired) electrons. The topological polar surface area (TPSA) is 85.4 Å². The van der Waals surface area contributed by atoms with Gasteiger partial charge in [-0.05, 0) is 36.7 Å². The van der Waals surface area contributed by atoms with E-state index in [1.54, 1.807) is 23.1 Å². The minimum atomic E-state index is -0.470. The summed E-state index contributed by atoms with van der Waals surface area (Å²) in [4.78, 5) is 40.8. The van der Waals surface area contributed by atoms with E-state index in [2.05, 4.69) is 0 Å². The van der Waals surface area contributed by atoms with Crippen LogP contribution in [-0.4, -0.2) is 60.4 Å². The van der Waals surface area contributed by atoms with Crippen LogP contribution in [0.3, 0.4) is 0 Å². The summed E-state index contributed by atoms with van der Waals surface area (Å²) in [5, 5.41) is -0.441. The number of amides is 3. The maximum Gasteiger partial charge on any atom is 0.294 e. The molecule has 0 bridgehead atoms. The Morgan fingerprint density at radius 1 is 1.14 bits per heavy atom. The standard InChI is InChI=1S/C20H22N2O6S/c1-26-14-10-16-15(27-12-28-16)8-13(14)9-17-19(24)22(20(25)29-17)11-18(23)21-6-4-2-3-5-7-21/h8-10H,2-7,11-12H2,1H3/b17-9-. The molecule has 3 aliphatic rings. The number of benzene rings is 1. The van der Waals surface area contributed by atoms with Gasteiger partial charge in [0.25, 0.3) is 11.1 Å². The number of thioether (sulfide) groups is 1. The molecule has 0 saturated carbocycles. The molecule has 29 heavy (non-hydrogen) atoms. The van der Waals surface area contributed by atoms with E-state index in [0.717, 1.165) is 42.3 Å². The van der Waals surface area contributed by atoms with Crippen LogP contribution in [0, 0.1) is 0 Å². The zero-order valence-electron chi connectivity index (χ0n) is 16.1. The van der Waals surface area contributed by atoms with Gasteiger partial charge in [0, 0.05) is 24.7 Å². The lowest BCUT2D eigenvalue weighted by atomic mass is 10.1. The summed E-state index contributed by atoms with van der Waals surface area (Å²) in [5.41, 5.74) is 0.598. The fourth-order valence-corrected chi connectivity index (χ4v) is 4.39. The quantitative estimate of drug-likeness (QED) is 0.695. The first-order valence-corrected chi connectivity index (χ1v) is 10.4. The van der Waals surface area contributed by atoms with Crippen molar-refractivity contribution in [2.24, 2.45) is 0 Å². The van der Waals surface area contributed by atoms with E-state index >= 15 is 0 Å². The van der Waals surface area contributed by atoms with Gasteiger partial charge in [0.2, 0.25) is 12.7 Å². The van der Waals surface area contributed by atoms with Gasteiger partial charge in [-0.1, -0.05) is 12.8 Å². The highest BCUT2D eigenvalue weighted by Crippen LogP contribution is 2.40. The summed E-state index contributed by atoms with van der Waals surface area (Å²) in [6, 6.07) is 3.39. The van der Waals surface area contributed by atoms with E-state index in [0.29, 0.717) is 35.9 Å². The molecule has 0 spiro atoms. The van der Waals surface area contributed by atoms with Gasteiger partial charge in [0.15, 0.2) is 11.5 Å². The normalized spacial score (nSPS) is 20.4. The van der Waals surface area contributed by atoms with E-state index in [1.165, 1.54) is 7.11 Å². The lowest BCUT2D eigenvalue weighted by Crippen LogP contribution is -2.42. The second kappa shape index (κ2) is 8.36. The van der Waals surface area contributed by atoms with Gasteiger partial charge in [-0.2, -0.15) is 0 Å². The summed E-state index contributed by atoms with van der Waals surface area (Å²) in [6.07, 6.45) is 5.70. The molecule has 3 aliphatic heterocycles. The predicted octanol–water partition coefficient (Wildman–Crippen LogP) is 2.86. The Morgan fingerprint density at radius 2 is 1.83 bits per heavy atom. The van der Waals surface area contributed by atoms with Crippen molar-refractivity contribution in [1.29, 1.82) is 0 Å². The van der Waals surface area contributed by atoms with Crippen LogP contribution >= 0.6 is 11.8 Å². The summed E-state index contributed by atoms with van der Waals surface area (Å²) < 4.78 is 16.1. The third kappa shape index (κ3) is 4.05. The Balaban J connectivity index is 1.51. The molecule has 0 N–H and O–H groups in total. The van der Waals surface area contributed by atoms with Gasteiger partial charge in [0.05, 0.1) is 12.0 Å². The largest absolute Gasteiger partial charge is 0.496 e. The van der Waals surface area contributed by atoms with Crippen molar-refractivity contribution in [3.8, 4) is 17.2 Å². The average Bonchev–Trinajstić information content (AvgIpc) is 3.13. The monoisotopic (exact) mass is 418 g/mol. The number of carbonyl (C=O) groups excluding carboxylic acids is 3. The number of hydrogen-bond acceptors (Lipinski definition) is 7. The maximum absolute atomic E-state index is 12.8. The lowest BCUT2D eigenvalue weighted by molar-refractivity contribution is -0.135. The fourth-order valence-electron chi connectivity index (χ4n) is 3.56. The Hall–Kier alpha value is -2.68. The molecule has 2 saturated heterocycles. The van der Waals surface area contributed by atoms with Gasteiger partial charge in [-0.3, -0.25) is 19.3 Å². The number of hydrogen-bond donors (Lipinski definition) is 0. The zero-order valence-corrected chi connectivity index (χ0v) is 17.0. The van der Waals surface area contributed by atoms with Crippen molar-refractivity contribution in [2.75, 3.05) is 33.5 Å². The van der Waals surface area contributed by atoms with Crippen molar-refractivity contribution >= 4 is 34.9 Å². The van der Waals surface area contributed by atoms with Crippen molar-refractivity contribution in [3.63, 3.8) is 0 Å². The van der Waals surface area contributed by atoms with Gasteiger partial charge in [-0.25, -0.2) is 0 Å². The second-order valence-electron chi connectivity index (χ2n) is 7.01. The number of nitrogens with zero attached hydrogens (tertiary/aromatic N) is 2. The van der Waals surface area contributed by atoms with Gasteiger partial charge in [0.1, 0.15) is 12.3 Å². The first-order valence-electron chi connectivity index (χ1n) is 9.57. The first-order chi connectivity index (χ1) is 14.1. The number of ether oxygens (including phenoxy) is 3. The number of carbonyl (C=O) groups is 3. The smallest absolute Gasteiger partial charge is 0.294 e. The Morgan fingerprint density at radius 3 is 2.52 bits per heavy atom. The summed E-state index contributed by atoms with van der Waals surface area (Å²) in [5.74, 6) is 0.962. The van der Waals surface area contributed by atoms with Crippen molar-refractivity contribution < 1.29 is 28.6 Å². The molecular formula is C20H22N2O6S. The minimum absolute atomic E-state index is 0.122. The molecule has 0 aromatic heterocycles. The van der Waals surface area contributed by atoms with Gasteiger partial charge < -0.3 is 19.1 Å². The van der Waals surface area contributed by atoms with E-state index < -0.39 is 11.1 Å². The number of likely N-dealkylation sites (tertiary alicyclic amines) is 1. The van der Waals surface area contributed by atoms with Gasteiger partial charge in [-0.15, -0.1) is 0 Å². The number of methoxy groups -OCH3 is 1. The third-order valence-electron chi connectivity index (χ3n) is 5.14. The number of fused-ring (bicyclic) bond motifs is 1. The van der Waals surface area contributed by atoms with E-state index in [9.17, 15) is 14.4 Å². The minimum Gasteiger partial charge on any atom is -0.496 e. The highest BCUT2D eigenvalue weighted by Gasteiger charge is 2.37. The summed E-state index contributed by atoms with van der Waals surface area (Å²) >= 11 is 0.822. The SMILES string of the molecule is COc1cc2c(cc1/C=C1\SC(=O)N(CC(=O)N3CCCCCC3)C1=O)OCO2. The molecule has 8 nitrogen and oxygen atoms in total. The fraction of sp³-hybridized carbons (Fsp3) is 0.450. The lowest BCUT2D eigenvalue weighted by Gasteiger charge is -2.22. The van der Waals surface area contributed by atoms with Crippen LogP contribution in [0.25, 0.3) is 6.08 Å². The van der Waals surface area contributed by atoms with E-state index in [4.69, 9.17) is 14.2 Å². The Labute approximate surface area is 172 Å². The van der Waals surface area contributed by atoms with E-state index in [1.807, 2.05) is 0 Å². The molecule has 0 unspecified atom stereocenters. The van der Waals surface area contributed by atoms with Crippen LogP contribution in [0.1, 0.15) is 31.2 Å². The predicted molar refractivity (Wildman–Crippen MR) is 107 cm³/mol. The van der Waals surface area contributed by atoms with E-state index in [-0.39, 0.29) is 24.2 Å². The van der Waals surface area contributed by atoms with Crippen LogP contribution < -0.4 is 14.2 Å². The van der Waals surface area contributed by atoms with Crippen LogP contribution in [0.15, 0.2) is 17.0 Å². The van der Waals surface area contributed by atoms with Crippen LogP contribution in [0.4, 0.5) is 4.79 Å². The van der Waals surface area contributed by atoms with Crippen molar-refractivity contribution in [3.05, 3.63) is 22.6 Å². The number of imide groups is 1. The Bertz CT molecular complexity index is 876. The molecule has 0 atom stereocenters. The Kier molecular flexibility index (Phi) is 5.66. The van der Waals surface area contributed by atoms with Gasteiger partial charge >= 0.3 is 0 Å². The number of rotatable bonds is 4. The third-order valence-corrected chi connectivity index (χ3v) is 6.04. The zero-order chi connectivity index (χ0) is 20.4. The van der Waals surface area contributed by atoms with Crippen LogP contribution in [0.2, 0.25) is 0 Å². The highest BCUT2D eigenvalue weighted by molar-refractivity contribution is 8.18. The van der Waals surface area contributed by atoms with Crippen molar-refractivity contribution in [1.82, 2.24) is 9.80 Å². The molecule has 3 amide bonds. The molecule has 3 heterocycles. The second-order valence-corrected chi connectivity index (χ2v) is 8.00. The van der Waals surface area contributed by atoms with Crippen LogP contribution in [0.5, 0.6) is 17.2 Å². The average molecular weight is 418 g/mol. The maximum atomic E-state index is 12.8. The first kappa shape index (κ1) is 19.6. The van der Waals surface area contributed by atoms with Crippen molar-refractivity contribution in [2.45, 2.75) is 25.7 Å². The summed E-state index contributed by atoms with van der Waals surface area (Å²) in [7, 11) is 1.51. The molecule has 154 valence electrons. The molecule has 0 aliphatic carbocycles. The van der Waals surface area contributed by atoms with Crippen LogP contribution in [-0.2, 0) is 9.59 Å². The molecule has 4 rings (SSSR count). The molecule has 9 heteroatoms.